The molecule has 0 saturated heterocycles. The minimum atomic E-state index is 0.148. The van der Waals surface area contributed by atoms with Crippen molar-refractivity contribution >= 4 is 11.8 Å². The molecular weight excluding hydrogens is 354 g/mol. The second kappa shape index (κ2) is 8.17. The van der Waals surface area contributed by atoms with Gasteiger partial charge in [0.15, 0.2) is 11.0 Å². The van der Waals surface area contributed by atoms with Gasteiger partial charge in [0.2, 0.25) is 0 Å². The quantitative estimate of drug-likeness (QED) is 0.524. The van der Waals surface area contributed by atoms with Gasteiger partial charge in [-0.3, -0.25) is 0 Å². The third-order valence-electron chi connectivity index (χ3n) is 4.54. The molecule has 2 aromatic carbocycles. The van der Waals surface area contributed by atoms with Crippen LogP contribution in [0.5, 0.6) is 5.75 Å². The maximum Gasteiger partial charge on any atom is 0.191 e. The van der Waals surface area contributed by atoms with Crippen LogP contribution in [0.15, 0.2) is 53.7 Å². The largest absolute Gasteiger partial charge is 0.497 e. The summed E-state index contributed by atoms with van der Waals surface area (Å²) in [5.74, 6) is 2.63. The molecule has 0 fully saturated rings. The van der Waals surface area contributed by atoms with E-state index in [0.717, 1.165) is 34.6 Å². The molecule has 0 spiro atoms. The highest BCUT2D eigenvalue weighted by Gasteiger charge is 2.16. The van der Waals surface area contributed by atoms with Crippen LogP contribution in [0.25, 0.3) is 11.4 Å². The first-order chi connectivity index (χ1) is 12.9. The van der Waals surface area contributed by atoms with Crippen LogP contribution in [-0.2, 0) is 17.7 Å². The topological polar surface area (TPSA) is 39.9 Å². The molecular formula is C22H27N3OS. The van der Waals surface area contributed by atoms with Gasteiger partial charge < -0.3 is 9.30 Å². The number of ether oxygens (including phenoxy) is 1. The normalized spacial score (nSPS) is 11.6. The summed E-state index contributed by atoms with van der Waals surface area (Å²) in [4.78, 5) is 0. The van der Waals surface area contributed by atoms with Gasteiger partial charge in [0, 0.05) is 17.9 Å². The molecule has 1 aromatic heterocycles. The van der Waals surface area contributed by atoms with Crippen LogP contribution in [0.4, 0.5) is 0 Å². The molecule has 0 aliphatic rings. The second-order valence-corrected chi connectivity index (χ2v) is 8.46. The van der Waals surface area contributed by atoms with Gasteiger partial charge in [0.05, 0.1) is 7.11 Å². The Kier molecular flexibility index (Phi) is 5.90. The molecule has 142 valence electrons. The molecule has 27 heavy (non-hydrogen) atoms. The van der Waals surface area contributed by atoms with Crippen LogP contribution in [0.3, 0.4) is 0 Å². The van der Waals surface area contributed by atoms with E-state index in [1.165, 1.54) is 11.1 Å². The summed E-state index contributed by atoms with van der Waals surface area (Å²) in [6.45, 7) is 9.65. The van der Waals surface area contributed by atoms with Gasteiger partial charge >= 0.3 is 0 Å². The number of nitrogens with zero attached hydrogens (tertiary/aromatic N) is 3. The Morgan fingerprint density at radius 1 is 1.04 bits per heavy atom. The standard InChI is InChI=1S/C22H27N3OS/c1-6-25-20(17-10-12-18(13-11-17)22(2,3)4)23-24-21(25)27-15-16-8-7-9-19(14-16)26-5/h7-14H,6,15H2,1-5H3. The molecule has 0 atom stereocenters. The van der Waals surface area contributed by atoms with Crippen molar-refractivity contribution in [3.8, 4) is 17.1 Å². The van der Waals surface area contributed by atoms with E-state index in [1.807, 2.05) is 12.1 Å². The lowest BCUT2D eigenvalue weighted by Gasteiger charge is -2.19. The van der Waals surface area contributed by atoms with E-state index in [9.17, 15) is 0 Å². The number of thioether (sulfide) groups is 1. The van der Waals surface area contributed by atoms with Gasteiger partial charge in [-0.15, -0.1) is 10.2 Å². The van der Waals surface area contributed by atoms with E-state index in [2.05, 4.69) is 78.9 Å². The predicted octanol–water partition coefficient (Wildman–Crippen LogP) is 5.56. The lowest BCUT2D eigenvalue weighted by molar-refractivity contribution is 0.414. The van der Waals surface area contributed by atoms with Crippen LogP contribution in [0.2, 0.25) is 0 Å². The molecule has 3 aromatic rings. The number of hydrogen-bond acceptors (Lipinski definition) is 4. The average Bonchev–Trinajstić information content (AvgIpc) is 3.09. The zero-order chi connectivity index (χ0) is 19.4. The second-order valence-electron chi connectivity index (χ2n) is 7.52. The minimum absolute atomic E-state index is 0.148. The average molecular weight is 382 g/mol. The van der Waals surface area contributed by atoms with Crippen molar-refractivity contribution in [1.82, 2.24) is 14.8 Å². The molecule has 0 N–H and O–H groups in total. The van der Waals surface area contributed by atoms with Crippen LogP contribution in [0.1, 0.15) is 38.8 Å². The van der Waals surface area contributed by atoms with Crippen molar-refractivity contribution in [1.29, 1.82) is 0 Å². The summed E-state index contributed by atoms with van der Waals surface area (Å²) in [7, 11) is 1.69. The first-order valence-electron chi connectivity index (χ1n) is 9.22. The van der Waals surface area contributed by atoms with Gasteiger partial charge in [0.25, 0.3) is 0 Å². The highest BCUT2D eigenvalue weighted by atomic mass is 32.2. The van der Waals surface area contributed by atoms with Crippen molar-refractivity contribution < 1.29 is 4.74 Å². The Bertz CT molecular complexity index is 895. The first kappa shape index (κ1) is 19.5. The van der Waals surface area contributed by atoms with Crippen LogP contribution < -0.4 is 4.74 Å². The summed E-state index contributed by atoms with van der Waals surface area (Å²) in [5, 5.41) is 9.84. The molecule has 4 nitrogen and oxygen atoms in total. The number of rotatable bonds is 6. The third kappa shape index (κ3) is 4.53. The Hall–Kier alpha value is -2.27. The Morgan fingerprint density at radius 3 is 2.41 bits per heavy atom. The molecule has 0 radical (unpaired) electrons. The lowest BCUT2D eigenvalue weighted by atomic mass is 9.87. The molecule has 0 unspecified atom stereocenters. The molecule has 5 heteroatoms. The molecule has 0 bridgehead atoms. The van der Waals surface area contributed by atoms with Crippen LogP contribution >= 0.6 is 11.8 Å². The molecule has 0 saturated carbocycles. The monoisotopic (exact) mass is 381 g/mol. The maximum atomic E-state index is 5.30. The summed E-state index contributed by atoms with van der Waals surface area (Å²) in [6.07, 6.45) is 0. The number of aromatic nitrogens is 3. The summed E-state index contributed by atoms with van der Waals surface area (Å²) >= 11 is 1.70. The van der Waals surface area contributed by atoms with Crippen molar-refractivity contribution in [3.05, 3.63) is 59.7 Å². The predicted molar refractivity (Wildman–Crippen MR) is 112 cm³/mol. The summed E-state index contributed by atoms with van der Waals surface area (Å²) < 4.78 is 7.48. The van der Waals surface area contributed by atoms with Crippen molar-refractivity contribution in [2.75, 3.05) is 7.11 Å². The van der Waals surface area contributed by atoms with Crippen LogP contribution in [-0.4, -0.2) is 21.9 Å². The summed E-state index contributed by atoms with van der Waals surface area (Å²) in [5.41, 5.74) is 3.78. The summed E-state index contributed by atoms with van der Waals surface area (Å²) in [6, 6.07) is 16.8. The van der Waals surface area contributed by atoms with Crippen molar-refractivity contribution in [3.63, 3.8) is 0 Å². The fourth-order valence-corrected chi connectivity index (χ4v) is 3.87. The first-order valence-corrected chi connectivity index (χ1v) is 10.2. The SMILES string of the molecule is CCn1c(SCc2cccc(OC)c2)nnc1-c1ccc(C(C)(C)C)cc1. The fourth-order valence-electron chi connectivity index (χ4n) is 2.92. The minimum Gasteiger partial charge on any atom is -0.497 e. The van der Waals surface area contributed by atoms with Gasteiger partial charge in [0.1, 0.15) is 5.75 Å². The highest BCUT2D eigenvalue weighted by Crippen LogP contribution is 2.29. The smallest absolute Gasteiger partial charge is 0.191 e. The van der Waals surface area contributed by atoms with E-state index in [-0.39, 0.29) is 5.41 Å². The zero-order valence-electron chi connectivity index (χ0n) is 16.7. The molecule has 3 rings (SSSR count). The van der Waals surface area contributed by atoms with E-state index < -0.39 is 0 Å². The van der Waals surface area contributed by atoms with E-state index in [1.54, 1.807) is 18.9 Å². The lowest BCUT2D eigenvalue weighted by Crippen LogP contribution is -2.10. The van der Waals surface area contributed by atoms with Gasteiger partial charge in [-0.25, -0.2) is 0 Å². The van der Waals surface area contributed by atoms with Gasteiger partial charge in [-0.05, 0) is 35.6 Å². The van der Waals surface area contributed by atoms with E-state index in [0.29, 0.717) is 0 Å². The van der Waals surface area contributed by atoms with Gasteiger partial charge in [-0.1, -0.05) is 68.9 Å². The Morgan fingerprint density at radius 2 is 1.78 bits per heavy atom. The van der Waals surface area contributed by atoms with E-state index >= 15 is 0 Å². The molecule has 0 amide bonds. The van der Waals surface area contributed by atoms with Crippen molar-refractivity contribution in [2.24, 2.45) is 0 Å². The van der Waals surface area contributed by atoms with Gasteiger partial charge in [-0.2, -0.15) is 0 Å². The number of hydrogen-bond donors (Lipinski definition) is 0. The molecule has 0 aliphatic carbocycles. The maximum absolute atomic E-state index is 5.30. The van der Waals surface area contributed by atoms with E-state index in [4.69, 9.17) is 4.74 Å². The Labute approximate surface area is 166 Å². The highest BCUT2D eigenvalue weighted by molar-refractivity contribution is 7.98. The number of methoxy groups -OCH3 is 1. The van der Waals surface area contributed by atoms with Crippen molar-refractivity contribution in [2.45, 2.75) is 50.6 Å². The third-order valence-corrected chi connectivity index (χ3v) is 5.58. The molecule has 0 aliphatic heterocycles. The van der Waals surface area contributed by atoms with Crippen LogP contribution in [0, 0.1) is 0 Å². The Balaban J connectivity index is 1.80. The zero-order valence-corrected chi connectivity index (χ0v) is 17.5. The number of benzene rings is 2. The molecule has 1 heterocycles. The fraction of sp³-hybridized carbons (Fsp3) is 0.364.